The molecular formula is C12H20N2O3S. The molecular weight excluding hydrogens is 252 g/mol. The molecule has 0 radical (unpaired) electrons. The first kappa shape index (κ1) is 15.1. The summed E-state index contributed by atoms with van der Waals surface area (Å²) in [6.45, 7) is 5.54. The minimum Gasteiger partial charge on any atom is -0.392 e. The molecule has 1 heterocycles. The number of nitrogens with one attached hydrogen (secondary N) is 1. The quantitative estimate of drug-likeness (QED) is 0.821. The Morgan fingerprint density at radius 2 is 2.06 bits per heavy atom. The van der Waals surface area contributed by atoms with Gasteiger partial charge < -0.3 is 5.11 Å². The number of hydrogen-bond donors (Lipinski definition) is 2. The molecule has 0 aliphatic rings. The van der Waals surface area contributed by atoms with E-state index in [0.717, 1.165) is 12.8 Å². The van der Waals surface area contributed by atoms with E-state index in [2.05, 4.69) is 9.71 Å². The van der Waals surface area contributed by atoms with E-state index < -0.39 is 15.6 Å². The van der Waals surface area contributed by atoms with E-state index in [-0.39, 0.29) is 11.6 Å². The molecule has 0 atom stereocenters. The molecule has 0 saturated heterocycles. The number of aliphatic hydroxyl groups excluding tert-OH is 1. The Kier molecular flexibility index (Phi) is 4.84. The van der Waals surface area contributed by atoms with Crippen LogP contribution in [0.2, 0.25) is 0 Å². The average molecular weight is 272 g/mol. The fourth-order valence-electron chi connectivity index (χ4n) is 1.76. The molecule has 1 aromatic rings. The fourth-order valence-corrected chi connectivity index (χ4v) is 3.13. The topological polar surface area (TPSA) is 79.3 Å². The van der Waals surface area contributed by atoms with Crippen molar-refractivity contribution in [1.82, 2.24) is 9.71 Å². The van der Waals surface area contributed by atoms with E-state index in [1.54, 1.807) is 6.07 Å². The van der Waals surface area contributed by atoms with E-state index in [1.165, 1.54) is 12.3 Å². The maximum absolute atomic E-state index is 12.1. The fraction of sp³-hybridized carbons (Fsp3) is 0.583. The molecule has 2 N–H and O–H groups in total. The first-order chi connectivity index (χ1) is 8.30. The lowest BCUT2D eigenvalue weighted by Crippen LogP contribution is -2.43. The summed E-state index contributed by atoms with van der Waals surface area (Å²) >= 11 is 0. The molecule has 0 aromatic carbocycles. The summed E-state index contributed by atoms with van der Waals surface area (Å²) in [5, 5.41) is 8.86. The van der Waals surface area contributed by atoms with Crippen molar-refractivity contribution in [3.05, 3.63) is 23.9 Å². The van der Waals surface area contributed by atoms with Gasteiger partial charge >= 0.3 is 0 Å². The van der Waals surface area contributed by atoms with Crippen molar-refractivity contribution in [2.45, 2.75) is 50.8 Å². The van der Waals surface area contributed by atoms with Crippen molar-refractivity contribution in [3.63, 3.8) is 0 Å². The SMILES string of the molecule is CCCC(C)(C)NS(=O)(=O)c1ccc(CO)cn1. The van der Waals surface area contributed by atoms with Gasteiger partial charge in [0.2, 0.25) is 0 Å². The van der Waals surface area contributed by atoms with Crippen LogP contribution in [-0.4, -0.2) is 24.0 Å². The Bertz CT molecular complexity index is 481. The first-order valence-corrected chi connectivity index (χ1v) is 7.39. The van der Waals surface area contributed by atoms with Gasteiger partial charge in [0, 0.05) is 11.7 Å². The van der Waals surface area contributed by atoms with Gasteiger partial charge in [0.1, 0.15) is 0 Å². The van der Waals surface area contributed by atoms with Crippen molar-refractivity contribution >= 4 is 10.0 Å². The summed E-state index contributed by atoms with van der Waals surface area (Å²) in [4.78, 5) is 3.86. The highest BCUT2D eigenvalue weighted by molar-refractivity contribution is 7.89. The minimum absolute atomic E-state index is 0.0242. The normalized spacial score (nSPS) is 12.7. The zero-order valence-electron chi connectivity index (χ0n) is 11.0. The van der Waals surface area contributed by atoms with Crippen LogP contribution in [0.3, 0.4) is 0 Å². The van der Waals surface area contributed by atoms with Crippen LogP contribution in [0.4, 0.5) is 0 Å². The highest BCUT2D eigenvalue weighted by atomic mass is 32.2. The smallest absolute Gasteiger partial charge is 0.258 e. The number of rotatable bonds is 6. The lowest BCUT2D eigenvalue weighted by atomic mass is 10.0. The second kappa shape index (κ2) is 5.77. The van der Waals surface area contributed by atoms with Gasteiger partial charge in [-0.2, -0.15) is 0 Å². The molecule has 6 heteroatoms. The summed E-state index contributed by atoms with van der Waals surface area (Å²) in [6, 6.07) is 2.95. The van der Waals surface area contributed by atoms with E-state index in [1.807, 2.05) is 20.8 Å². The highest BCUT2D eigenvalue weighted by Gasteiger charge is 2.26. The van der Waals surface area contributed by atoms with Gasteiger partial charge in [-0.1, -0.05) is 19.4 Å². The molecule has 0 aliphatic carbocycles. The second-order valence-electron chi connectivity index (χ2n) is 4.90. The van der Waals surface area contributed by atoms with Crippen LogP contribution in [0, 0.1) is 0 Å². The van der Waals surface area contributed by atoms with Gasteiger partial charge in [0.25, 0.3) is 10.0 Å². The zero-order valence-corrected chi connectivity index (χ0v) is 11.8. The molecule has 18 heavy (non-hydrogen) atoms. The van der Waals surface area contributed by atoms with Crippen LogP contribution in [0.5, 0.6) is 0 Å². The van der Waals surface area contributed by atoms with E-state index in [9.17, 15) is 8.42 Å². The minimum atomic E-state index is -3.61. The third kappa shape index (κ3) is 4.04. The molecule has 5 nitrogen and oxygen atoms in total. The Hall–Kier alpha value is -0.980. The summed E-state index contributed by atoms with van der Waals surface area (Å²) in [5.41, 5.74) is 0.0898. The molecule has 1 rings (SSSR count). The van der Waals surface area contributed by atoms with Gasteiger partial charge in [-0.15, -0.1) is 0 Å². The lowest BCUT2D eigenvalue weighted by Gasteiger charge is -2.25. The van der Waals surface area contributed by atoms with Crippen molar-refractivity contribution in [3.8, 4) is 0 Å². The molecule has 0 amide bonds. The van der Waals surface area contributed by atoms with Gasteiger partial charge in [-0.3, -0.25) is 0 Å². The van der Waals surface area contributed by atoms with Crippen LogP contribution in [0.15, 0.2) is 23.4 Å². The number of aliphatic hydroxyl groups is 1. The largest absolute Gasteiger partial charge is 0.392 e. The van der Waals surface area contributed by atoms with Crippen molar-refractivity contribution in [1.29, 1.82) is 0 Å². The third-order valence-electron chi connectivity index (χ3n) is 2.54. The Morgan fingerprint density at radius 1 is 1.39 bits per heavy atom. The highest BCUT2D eigenvalue weighted by Crippen LogP contribution is 2.16. The van der Waals surface area contributed by atoms with Gasteiger partial charge in [0.05, 0.1) is 6.61 Å². The summed E-state index contributed by atoms with van der Waals surface area (Å²) < 4.78 is 26.8. The predicted molar refractivity (Wildman–Crippen MR) is 69.5 cm³/mol. The summed E-state index contributed by atoms with van der Waals surface area (Å²) in [5.74, 6) is 0. The Labute approximate surface area is 108 Å². The van der Waals surface area contributed by atoms with Gasteiger partial charge in [0.15, 0.2) is 5.03 Å². The molecule has 0 unspecified atom stereocenters. The maximum Gasteiger partial charge on any atom is 0.258 e. The molecule has 0 aliphatic heterocycles. The van der Waals surface area contributed by atoms with Crippen LogP contribution in [0.1, 0.15) is 39.2 Å². The predicted octanol–water partition coefficient (Wildman–Crippen LogP) is 1.43. The second-order valence-corrected chi connectivity index (χ2v) is 6.53. The van der Waals surface area contributed by atoms with Crippen LogP contribution in [0.25, 0.3) is 0 Å². The van der Waals surface area contributed by atoms with Crippen LogP contribution in [-0.2, 0) is 16.6 Å². The summed E-state index contributed by atoms with van der Waals surface area (Å²) in [7, 11) is -3.61. The molecule has 0 saturated carbocycles. The molecule has 1 aromatic heterocycles. The average Bonchev–Trinajstić information content (AvgIpc) is 2.27. The van der Waals surface area contributed by atoms with Crippen molar-refractivity contribution in [2.75, 3.05) is 0 Å². The molecule has 102 valence electrons. The zero-order chi connectivity index (χ0) is 13.8. The van der Waals surface area contributed by atoms with E-state index in [0.29, 0.717) is 5.56 Å². The Morgan fingerprint density at radius 3 is 2.50 bits per heavy atom. The third-order valence-corrected chi connectivity index (χ3v) is 4.15. The first-order valence-electron chi connectivity index (χ1n) is 5.90. The van der Waals surface area contributed by atoms with Gasteiger partial charge in [-0.05, 0) is 31.9 Å². The van der Waals surface area contributed by atoms with Crippen molar-refractivity contribution in [2.24, 2.45) is 0 Å². The number of sulfonamides is 1. The number of nitrogens with zero attached hydrogens (tertiary/aromatic N) is 1. The monoisotopic (exact) mass is 272 g/mol. The van der Waals surface area contributed by atoms with Gasteiger partial charge in [-0.25, -0.2) is 18.1 Å². The van der Waals surface area contributed by atoms with Crippen LogP contribution >= 0.6 is 0 Å². The van der Waals surface area contributed by atoms with E-state index in [4.69, 9.17) is 5.11 Å². The summed E-state index contributed by atoms with van der Waals surface area (Å²) in [6.07, 6.45) is 3.01. The molecule has 0 fully saturated rings. The maximum atomic E-state index is 12.1. The lowest BCUT2D eigenvalue weighted by molar-refractivity contribution is 0.281. The van der Waals surface area contributed by atoms with E-state index >= 15 is 0 Å². The number of pyridine rings is 1. The van der Waals surface area contributed by atoms with Crippen molar-refractivity contribution < 1.29 is 13.5 Å². The standard InChI is InChI=1S/C12H20N2O3S/c1-4-7-12(2,3)14-18(16,17)11-6-5-10(9-15)8-13-11/h5-6,8,14-15H,4,7,9H2,1-3H3. The van der Waals surface area contributed by atoms with Crippen LogP contribution < -0.4 is 4.72 Å². The number of aromatic nitrogens is 1. The Balaban J connectivity index is 2.92. The molecule has 0 bridgehead atoms. The number of hydrogen-bond acceptors (Lipinski definition) is 4. The molecule has 0 spiro atoms.